The van der Waals surface area contributed by atoms with Gasteiger partial charge in [0.25, 0.3) is 0 Å². The van der Waals surface area contributed by atoms with Crippen LogP contribution in [0.2, 0.25) is 0 Å². The highest BCUT2D eigenvalue weighted by atomic mass is 16.5. The van der Waals surface area contributed by atoms with Crippen LogP contribution in [0.3, 0.4) is 0 Å². The molecule has 0 unspecified atom stereocenters. The summed E-state index contributed by atoms with van der Waals surface area (Å²) in [5.74, 6) is -0.646. The summed E-state index contributed by atoms with van der Waals surface area (Å²) >= 11 is 0. The second-order valence-corrected chi connectivity index (χ2v) is 4.01. The van der Waals surface area contributed by atoms with Gasteiger partial charge in [-0.15, -0.1) is 0 Å². The average Bonchev–Trinajstić information content (AvgIpc) is 2.77. The Labute approximate surface area is 116 Å². The quantitative estimate of drug-likeness (QED) is 0.656. The van der Waals surface area contributed by atoms with Crippen LogP contribution in [0.5, 0.6) is 0 Å². The number of hydrogen-bond donors (Lipinski definition) is 2. The molecule has 7 nitrogen and oxygen atoms in total. The molecule has 20 heavy (non-hydrogen) atoms. The highest BCUT2D eigenvalue weighted by molar-refractivity contribution is 5.88. The van der Waals surface area contributed by atoms with Crippen molar-refractivity contribution >= 4 is 11.9 Å². The molecule has 1 aromatic rings. The maximum Gasteiger partial charge on any atom is 0.339 e. The number of carbonyl (C=O) groups excluding carboxylic acids is 1. The number of aryl methyl sites for hydroxylation is 1. The van der Waals surface area contributed by atoms with E-state index in [9.17, 15) is 9.59 Å². The summed E-state index contributed by atoms with van der Waals surface area (Å²) in [7, 11) is 0. The van der Waals surface area contributed by atoms with E-state index >= 15 is 0 Å². The van der Waals surface area contributed by atoms with E-state index in [-0.39, 0.29) is 24.6 Å². The van der Waals surface area contributed by atoms with Crippen LogP contribution in [-0.2, 0) is 20.8 Å². The lowest BCUT2D eigenvalue weighted by Gasteiger charge is -2.05. The van der Waals surface area contributed by atoms with Crippen LogP contribution in [0.4, 0.5) is 0 Å². The van der Waals surface area contributed by atoms with Gasteiger partial charge in [-0.3, -0.25) is 4.79 Å². The van der Waals surface area contributed by atoms with Crippen molar-refractivity contribution in [2.75, 3.05) is 26.4 Å². The van der Waals surface area contributed by atoms with E-state index in [1.165, 1.54) is 6.07 Å². The number of carboxylic acid groups (broad SMARTS) is 1. The van der Waals surface area contributed by atoms with Gasteiger partial charge < -0.3 is 24.3 Å². The number of nitrogens with one attached hydrogen (secondary N) is 1. The predicted octanol–water partition coefficient (Wildman–Crippen LogP) is 0.956. The van der Waals surface area contributed by atoms with Gasteiger partial charge in [-0.25, -0.2) is 4.79 Å². The molecule has 0 bridgehead atoms. The summed E-state index contributed by atoms with van der Waals surface area (Å²) in [6, 6.07) is 1.40. The van der Waals surface area contributed by atoms with Crippen LogP contribution in [0.25, 0.3) is 0 Å². The molecule has 0 fully saturated rings. The van der Waals surface area contributed by atoms with E-state index in [0.29, 0.717) is 31.3 Å². The summed E-state index contributed by atoms with van der Waals surface area (Å²) in [5.41, 5.74) is 0.0993. The number of rotatable bonds is 9. The zero-order valence-corrected chi connectivity index (χ0v) is 11.6. The van der Waals surface area contributed by atoms with Crippen LogP contribution < -0.4 is 5.32 Å². The lowest BCUT2D eigenvalue weighted by molar-refractivity contribution is -0.126. The number of furan rings is 1. The van der Waals surface area contributed by atoms with Gasteiger partial charge in [0.05, 0.1) is 19.8 Å². The molecule has 2 N–H and O–H groups in total. The van der Waals surface area contributed by atoms with E-state index in [2.05, 4.69) is 5.32 Å². The average molecular weight is 285 g/mol. The molecular formula is C13H19NO6. The predicted molar refractivity (Wildman–Crippen MR) is 69.6 cm³/mol. The van der Waals surface area contributed by atoms with Gasteiger partial charge in [0.1, 0.15) is 23.7 Å². The van der Waals surface area contributed by atoms with Crippen molar-refractivity contribution in [2.45, 2.75) is 20.4 Å². The summed E-state index contributed by atoms with van der Waals surface area (Å²) < 4.78 is 15.4. The number of aromatic carboxylic acids is 1. The van der Waals surface area contributed by atoms with Crippen molar-refractivity contribution < 1.29 is 28.6 Å². The molecule has 0 aliphatic rings. The molecule has 0 atom stereocenters. The molecule has 0 saturated carbocycles. The zero-order chi connectivity index (χ0) is 15.0. The minimum atomic E-state index is -1.05. The zero-order valence-electron chi connectivity index (χ0n) is 11.6. The largest absolute Gasteiger partial charge is 0.478 e. The Hall–Kier alpha value is -1.86. The monoisotopic (exact) mass is 285 g/mol. The Balaban J connectivity index is 2.27. The van der Waals surface area contributed by atoms with E-state index < -0.39 is 5.97 Å². The van der Waals surface area contributed by atoms with Crippen LogP contribution in [0.1, 0.15) is 28.8 Å². The second-order valence-electron chi connectivity index (χ2n) is 4.01. The molecule has 1 heterocycles. The Morgan fingerprint density at radius 3 is 2.65 bits per heavy atom. The molecule has 0 saturated heterocycles. The minimum absolute atomic E-state index is 0.0709. The molecule has 0 aromatic carbocycles. The molecule has 0 aliphatic carbocycles. The molecule has 0 aliphatic heterocycles. The Bertz CT molecular complexity index is 454. The maximum atomic E-state index is 11.4. The van der Waals surface area contributed by atoms with Crippen LogP contribution in [0, 0.1) is 6.92 Å². The summed E-state index contributed by atoms with van der Waals surface area (Å²) in [6.45, 7) is 4.90. The molecule has 0 spiro atoms. The molecule has 112 valence electrons. The highest BCUT2D eigenvalue weighted by Gasteiger charge is 2.14. The fraction of sp³-hybridized carbons (Fsp3) is 0.538. The number of amides is 1. The third-order valence-electron chi connectivity index (χ3n) is 2.47. The lowest BCUT2D eigenvalue weighted by atomic mass is 10.2. The van der Waals surface area contributed by atoms with Gasteiger partial charge in [-0.1, -0.05) is 0 Å². The van der Waals surface area contributed by atoms with Gasteiger partial charge in [0, 0.05) is 6.61 Å². The molecule has 1 rings (SSSR count). The number of carbonyl (C=O) groups is 2. The first-order valence-electron chi connectivity index (χ1n) is 6.29. The molecule has 7 heteroatoms. The number of hydrogen-bond acceptors (Lipinski definition) is 5. The lowest BCUT2D eigenvalue weighted by Crippen LogP contribution is -2.27. The third-order valence-corrected chi connectivity index (χ3v) is 2.47. The van der Waals surface area contributed by atoms with Gasteiger partial charge in [-0.05, 0) is 19.9 Å². The first-order chi connectivity index (χ1) is 9.54. The van der Waals surface area contributed by atoms with Gasteiger partial charge >= 0.3 is 5.97 Å². The fourth-order valence-corrected chi connectivity index (χ4v) is 1.51. The Morgan fingerprint density at radius 1 is 1.35 bits per heavy atom. The summed E-state index contributed by atoms with van der Waals surface area (Å²) in [6.07, 6.45) is 0. The fourth-order valence-electron chi connectivity index (χ4n) is 1.51. The van der Waals surface area contributed by atoms with Gasteiger partial charge in [0.15, 0.2) is 0 Å². The van der Waals surface area contributed by atoms with Gasteiger partial charge in [0.2, 0.25) is 5.91 Å². The van der Waals surface area contributed by atoms with Crippen molar-refractivity contribution in [3.05, 3.63) is 23.2 Å². The Morgan fingerprint density at radius 2 is 2.05 bits per heavy atom. The topological polar surface area (TPSA) is 98.0 Å². The minimum Gasteiger partial charge on any atom is -0.478 e. The van der Waals surface area contributed by atoms with E-state index in [1.54, 1.807) is 6.92 Å². The van der Waals surface area contributed by atoms with E-state index in [0.717, 1.165) is 0 Å². The first kappa shape index (κ1) is 16.2. The van der Waals surface area contributed by atoms with Crippen molar-refractivity contribution in [3.8, 4) is 0 Å². The standard InChI is InChI=1S/C13H19NO6/c1-3-18-4-5-19-8-12(15)14-7-10-6-11(13(16)17)9(2)20-10/h6H,3-5,7-8H2,1-2H3,(H,14,15)(H,16,17). The Kier molecular flexibility index (Phi) is 6.75. The van der Waals surface area contributed by atoms with Crippen LogP contribution in [0.15, 0.2) is 10.5 Å². The number of carboxylic acids is 1. The molecule has 1 aromatic heterocycles. The highest BCUT2D eigenvalue weighted by Crippen LogP contribution is 2.14. The molecular weight excluding hydrogens is 266 g/mol. The summed E-state index contributed by atoms with van der Waals surface area (Å²) in [5, 5.41) is 11.4. The second kappa shape index (κ2) is 8.34. The van der Waals surface area contributed by atoms with Crippen molar-refractivity contribution in [3.63, 3.8) is 0 Å². The van der Waals surface area contributed by atoms with Crippen molar-refractivity contribution in [1.29, 1.82) is 0 Å². The van der Waals surface area contributed by atoms with Crippen LogP contribution in [-0.4, -0.2) is 43.4 Å². The maximum absolute atomic E-state index is 11.4. The molecule has 1 amide bonds. The SMILES string of the molecule is CCOCCOCC(=O)NCc1cc(C(=O)O)c(C)o1. The smallest absolute Gasteiger partial charge is 0.339 e. The number of ether oxygens (including phenoxy) is 2. The van der Waals surface area contributed by atoms with E-state index in [1.807, 2.05) is 6.92 Å². The van der Waals surface area contributed by atoms with E-state index in [4.69, 9.17) is 19.0 Å². The summed E-state index contributed by atoms with van der Waals surface area (Å²) in [4.78, 5) is 22.3. The normalized spacial score (nSPS) is 10.5. The molecule has 0 radical (unpaired) electrons. The third kappa shape index (κ3) is 5.41. The van der Waals surface area contributed by atoms with Crippen LogP contribution >= 0.6 is 0 Å². The van der Waals surface area contributed by atoms with Gasteiger partial charge in [-0.2, -0.15) is 0 Å². The van der Waals surface area contributed by atoms with Crippen molar-refractivity contribution in [2.24, 2.45) is 0 Å². The van der Waals surface area contributed by atoms with Crippen molar-refractivity contribution in [1.82, 2.24) is 5.32 Å². The first-order valence-corrected chi connectivity index (χ1v) is 6.29.